The Labute approximate surface area is 115 Å². The molecule has 5 nitrogen and oxygen atoms in total. The smallest absolute Gasteiger partial charge is 0.235 e. The number of nitrogens with zero attached hydrogens (tertiary/aromatic N) is 2. The van der Waals surface area contributed by atoms with Crippen molar-refractivity contribution in [1.29, 1.82) is 5.26 Å². The summed E-state index contributed by atoms with van der Waals surface area (Å²) in [6, 6.07) is 2.58. The molecule has 1 amide bonds. The highest BCUT2D eigenvalue weighted by atomic mass is 16.3. The molecule has 0 aromatic carbocycles. The molecule has 0 aromatic rings. The van der Waals surface area contributed by atoms with Crippen LogP contribution in [0.25, 0.3) is 0 Å². The van der Waals surface area contributed by atoms with Gasteiger partial charge >= 0.3 is 0 Å². The molecule has 0 saturated heterocycles. The zero-order valence-electron chi connectivity index (χ0n) is 12.1. The Morgan fingerprint density at radius 3 is 2.58 bits per heavy atom. The van der Waals surface area contributed by atoms with Crippen LogP contribution in [0.3, 0.4) is 0 Å². The first kappa shape index (κ1) is 15.9. The Morgan fingerprint density at radius 1 is 1.58 bits per heavy atom. The van der Waals surface area contributed by atoms with E-state index in [9.17, 15) is 10.1 Å². The summed E-state index contributed by atoms with van der Waals surface area (Å²) in [4.78, 5) is 14.1. The third-order valence-electron chi connectivity index (χ3n) is 4.11. The van der Waals surface area contributed by atoms with Crippen LogP contribution >= 0.6 is 0 Å². The highest BCUT2D eigenvalue weighted by Gasteiger charge is 2.32. The molecule has 1 atom stereocenters. The highest BCUT2D eigenvalue weighted by Crippen LogP contribution is 2.24. The second-order valence-electron chi connectivity index (χ2n) is 5.80. The molecular weight excluding hydrogens is 242 g/mol. The van der Waals surface area contributed by atoms with Crippen molar-refractivity contribution < 1.29 is 9.90 Å². The van der Waals surface area contributed by atoms with Crippen LogP contribution in [0.1, 0.15) is 40.0 Å². The summed E-state index contributed by atoms with van der Waals surface area (Å²) in [5.41, 5.74) is -0.832. The van der Waals surface area contributed by atoms with E-state index in [1.54, 1.807) is 6.92 Å². The van der Waals surface area contributed by atoms with Crippen LogP contribution in [0.5, 0.6) is 0 Å². The molecule has 0 aromatic heterocycles. The molecule has 5 heteroatoms. The molecule has 1 rings (SSSR count). The quantitative estimate of drug-likeness (QED) is 0.718. The van der Waals surface area contributed by atoms with Gasteiger partial charge < -0.3 is 10.4 Å². The van der Waals surface area contributed by atoms with Crippen LogP contribution in [-0.2, 0) is 4.79 Å². The van der Waals surface area contributed by atoms with E-state index >= 15 is 0 Å². The minimum absolute atomic E-state index is 0.0523. The Kier molecular flexibility index (Phi) is 5.77. The number of carbonyl (C=O) groups excluding carboxylic acids is 1. The Morgan fingerprint density at radius 2 is 2.21 bits per heavy atom. The minimum Gasteiger partial charge on any atom is -0.395 e. The predicted molar refractivity (Wildman–Crippen MR) is 73.3 cm³/mol. The fraction of sp³-hybridized carbons (Fsp3) is 0.857. The number of aliphatic hydroxyl groups is 1. The van der Waals surface area contributed by atoms with Crippen LogP contribution in [0.4, 0.5) is 0 Å². The average molecular weight is 267 g/mol. The van der Waals surface area contributed by atoms with Gasteiger partial charge in [-0.15, -0.1) is 0 Å². The molecule has 0 aliphatic heterocycles. The van der Waals surface area contributed by atoms with Crippen LogP contribution < -0.4 is 5.32 Å². The van der Waals surface area contributed by atoms with Gasteiger partial charge in [-0.3, -0.25) is 9.69 Å². The Bertz CT molecular complexity index is 347. The van der Waals surface area contributed by atoms with Crippen molar-refractivity contribution in [1.82, 2.24) is 10.2 Å². The average Bonchev–Trinajstić information content (AvgIpc) is 2.26. The number of rotatable bonds is 7. The van der Waals surface area contributed by atoms with E-state index in [2.05, 4.69) is 11.4 Å². The van der Waals surface area contributed by atoms with Crippen LogP contribution in [0.15, 0.2) is 0 Å². The van der Waals surface area contributed by atoms with Crippen LogP contribution in [0.2, 0.25) is 0 Å². The van der Waals surface area contributed by atoms with Crippen molar-refractivity contribution in [3.05, 3.63) is 0 Å². The fourth-order valence-electron chi connectivity index (χ4n) is 2.09. The summed E-state index contributed by atoms with van der Waals surface area (Å²) in [5, 5.41) is 21.1. The van der Waals surface area contributed by atoms with E-state index in [1.807, 2.05) is 18.7 Å². The summed E-state index contributed by atoms with van der Waals surface area (Å²) in [6.07, 6.45) is 3.37. The maximum Gasteiger partial charge on any atom is 0.235 e. The lowest BCUT2D eigenvalue weighted by atomic mass is 9.89. The zero-order chi connectivity index (χ0) is 14.5. The fourth-order valence-corrected chi connectivity index (χ4v) is 2.09. The maximum atomic E-state index is 12.1. The van der Waals surface area contributed by atoms with Crippen molar-refractivity contribution in [3.8, 4) is 6.07 Å². The van der Waals surface area contributed by atoms with Crippen molar-refractivity contribution in [2.24, 2.45) is 5.92 Å². The summed E-state index contributed by atoms with van der Waals surface area (Å²) in [7, 11) is 0. The standard InChI is InChI=1S/C14H25N3O2/c1-11(2)14(3,10-15)16-13(19)9-17(7-8-18)12-5-4-6-12/h11-12,18H,4-9H2,1-3H3,(H,16,19). The minimum atomic E-state index is -0.832. The molecule has 19 heavy (non-hydrogen) atoms. The largest absolute Gasteiger partial charge is 0.395 e. The topological polar surface area (TPSA) is 76.4 Å². The Balaban J connectivity index is 2.54. The van der Waals surface area contributed by atoms with Crippen molar-refractivity contribution in [2.75, 3.05) is 19.7 Å². The second-order valence-corrected chi connectivity index (χ2v) is 5.80. The van der Waals surface area contributed by atoms with Gasteiger partial charge in [0.15, 0.2) is 0 Å². The van der Waals surface area contributed by atoms with Gasteiger partial charge in [-0.2, -0.15) is 5.26 Å². The summed E-state index contributed by atoms with van der Waals surface area (Å²) in [5.74, 6) is -0.0884. The van der Waals surface area contributed by atoms with E-state index in [1.165, 1.54) is 6.42 Å². The number of nitriles is 1. The molecule has 2 N–H and O–H groups in total. The monoisotopic (exact) mass is 267 g/mol. The third kappa shape index (κ3) is 4.19. The van der Waals surface area contributed by atoms with Gasteiger partial charge in [0.1, 0.15) is 5.54 Å². The molecule has 0 radical (unpaired) electrons. The van der Waals surface area contributed by atoms with E-state index in [0.29, 0.717) is 12.6 Å². The van der Waals surface area contributed by atoms with Crippen molar-refractivity contribution in [3.63, 3.8) is 0 Å². The van der Waals surface area contributed by atoms with Gasteiger partial charge in [-0.05, 0) is 25.7 Å². The van der Waals surface area contributed by atoms with E-state index in [0.717, 1.165) is 12.8 Å². The SMILES string of the molecule is CC(C)C(C)(C#N)NC(=O)CN(CCO)C1CCC1. The molecule has 1 fully saturated rings. The molecule has 0 heterocycles. The zero-order valence-corrected chi connectivity index (χ0v) is 12.1. The molecular formula is C14H25N3O2. The van der Waals surface area contributed by atoms with Gasteiger partial charge in [0.05, 0.1) is 19.2 Å². The Hall–Kier alpha value is -1.12. The number of nitrogens with one attached hydrogen (secondary N) is 1. The number of aliphatic hydroxyl groups excluding tert-OH is 1. The predicted octanol–water partition coefficient (Wildman–Crippen LogP) is 0.888. The third-order valence-corrected chi connectivity index (χ3v) is 4.11. The van der Waals surface area contributed by atoms with Crippen LogP contribution in [0, 0.1) is 17.2 Å². The lowest BCUT2D eigenvalue weighted by molar-refractivity contribution is -0.125. The molecule has 1 unspecified atom stereocenters. The van der Waals surface area contributed by atoms with Crippen LogP contribution in [-0.4, -0.2) is 47.2 Å². The van der Waals surface area contributed by atoms with Gasteiger partial charge in [-0.25, -0.2) is 0 Å². The van der Waals surface area contributed by atoms with E-state index in [4.69, 9.17) is 5.11 Å². The molecule has 108 valence electrons. The lowest BCUT2D eigenvalue weighted by Crippen LogP contribution is -2.54. The van der Waals surface area contributed by atoms with Gasteiger partial charge in [0.25, 0.3) is 0 Å². The number of hydrogen-bond acceptors (Lipinski definition) is 4. The van der Waals surface area contributed by atoms with Gasteiger partial charge in [0, 0.05) is 12.6 Å². The van der Waals surface area contributed by atoms with E-state index < -0.39 is 5.54 Å². The van der Waals surface area contributed by atoms with Crippen molar-refractivity contribution >= 4 is 5.91 Å². The van der Waals surface area contributed by atoms with Gasteiger partial charge in [-0.1, -0.05) is 20.3 Å². The first-order chi connectivity index (χ1) is 8.92. The molecule has 0 spiro atoms. The molecule has 0 bridgehead atoms. The second kappa shape index (κ2) is 6.88. The highest BCUT2D eigenvalue weighted by molar-refractivity contribution is 5.79. The van der Waals surface area contributed by atoms with Crippen molar-refractivity contribution in [2.45, 2.75) is 51.6 Å². The number of amides is 1. The summed E-state index contributed by atoms with van der Waals surface area (Å²) >= 11 is 0. The van der Waals surface area contributed by atoms with Gasteiger partial charge in [0.2, 0.25) is 5.91 Å². The normalized spacial score (nSPS) is 18.8. The first-order valence-electron chi connectivity index (χ1n) is 7.00. The first-order valence-corrected chi connectivity index (χ1v) is 7.00. The lowest BCUT2D eigenvalue weighted by Gasteiger charge is -2.37. The number of carbonyl (C=O) groups is 1. The molecule has 1 saturated carbocycles. The maximum absolute atomic E-state index is 12.1. The van der Waals surface area contributed by atoms with E-state index in [-0.39, 0.29) is 25.0 Å². The summed E-state index contributed by atoms with van der Waals surface area (Å²) < 4.78 is 0. The number of hydrogen-bond donors (Lipinski definition) is 2. The molecule has 1 aliphatic carbocycles. The summed E-state index contributed by atoms with van der Waals surface area (Å²) in [6.45, 7) is 6.42. The molecule has 1 aliphatic rings.